The lowest BCUT2D eigenvalue weighted by Crippen LogP contribution is -2.29. The number of urea groups is 1. The number of aromatic nitrogens is 1. The smallest absolute Gasteiger partial charge is 0.319 e. The Kier molecular flexibility index (Phi) is 8.91. The van der Waals surface area contributed by atoms with Crippen LogP contribution in [0.25, 0.3) is 10.9 Å². The second-order valence-electron chi connectivity index (χ2n) is 8.93. The minimum atomic E-state index is -0.812. The summed E-state index contributed by atoms with van der Waals surface area (Å²) >= 11 is 0. The SMILES string of the molecule is O=C(NCCCc1ccccc1)Nc1cccc(CCNCC(O)c2ccc(O)c3[nH]c(=O)ccc23)c1. The van der Waals surface area contributed by atoms with Crippen LogP contribution in [0.5, 0.6) is 5.75 Å². The third kappa shape index (κ3) is 7.42. The predicted octanol–water partition coefficient (Wildman–Crippen LogP) is 3.85. The van der Waals surface area contributed by atoms with E-state index < -0.39 is 6.10 Å². The normalized spacial score (nSPS) is 11.8. The van der Waals surface area contributed by atoms with E-state index in [0.29, 0.717) is 42.5 Å². The first-order chi connectivity index (χ1) is 18.0. The molecule has 1 heterocycles. The zero-order valence-corrected chi connectivity index (χ0v) is 20.5. The number of nitrogens with one attached hydrogen (secondary N) is 4. The van der Waals surface area contributed by atoms with Gasteiger partial charge in [0.15, 0.2) is 0 Å². The number of fused-ring (bicyclic) bond motifs is 1. The topological polar surface area (TPSA) is 126 Å². The van der Waals surface area contributed by atoms with Crippen LogP contribution in [0.4, 0.5) is 10.5 Å². The number of carbonyl (C=O) groups excluding carboxylic acids is 1. The van der Waals surface area contributed by atoms with Crippen molar-refractivity contribution >= 4 is 22.6 Å². The molecule has 37 heavy (non-hydrogen) atoms. The number of amides is 2. The number of aryl methyl sites for hydroxylation is 1. The van der Waals surface area contributed by atoms with Crippen molar-refractivity contribution in [3.63, 3.8) is 0 Å². The molecular formula is C29H32N4O4. The van der Waals surface area contributed by atoms with Crippen molar-refractivity contribution in [2.24, 2.45) is 0 Å². The quantitative estimate of drug-likeness (QED) is 0.174. The summed E-state index contributed by atoms with van der Waals surface area (Å²) in [6.45, 7) is 1.53. The number of pyridine rings is 1. The second kappa shape index (κ2) is 12.7. The monoisotopic (exact) mass is 500 g/mol. The van der Waals surface area contributed by atoms with Crippen LogP contribution in [0.1, 0.15) is 29.2 Å². The van der Waals surface area contributed by atoms with Gasteiger partial charge in [-0.1, -0.05) is 48.5 Å². The van der Waals surface area contributed by atoms with Crippen LogP contribution < -0.4 is 21.5 Å². The Morgan fingerprint density at radius 2 is 1.70 bits per heavy atom. The average Bonchev–Trinajstić information content (AvgIpc) is 2.90. The Bertz CT molecular complexity index is 1390. The van der Waals surface area contributed by atoms with E-state index in [1.54, 1.807) is 12.1 Å². The number of carbonyl (C=O) groups is 1. The molecule has 0 aliphatic heterocycles. The van der Waals surface area contributed by atoms with Gasteiger partial charge in [-0.3, -0.25) is 4.79 Å². The van der Waals surface area contributed by atoms with Gasteiger partial charge < -0.3 is 31.1 Å². The number of aromatic amines is 1. The van der Waals surface area contributed by atoms with Gasteiger partial charge in [0.2, 0.25) is 5.56 Å². The molecule has 1 aromatic heterocycles. The predicted molar refractivity (Wildman–Crippen MR) is 146 cm³/mol. The van der Waals surface area contributed by atoms with Crippen molar-refractivity contribution in [1.82, 2.24) is 15.6 Å². The van der Waals surface area contributed by atoms with Gasteiger partial charge >= 0.3 is 6.03 Å². The van der Waals surface area contributed by atoms with Gasteiger partial charge in [-0.25, -0.2) is 4.79 Å². The van der Waals surface area contributed by atoms with Crippen LogP contribution >= 0.6 is 0 Å². The van der Waals surface area contributed by atoms with Crippen molar-refractivity contribution in [1.29, 1.82) is 0 Å². The fourth-order valence-corrected chi connectivity index (χ4v) is 4.25. The number of hydrogen-bond donors (Lipinski definition) is 6. The summed E-state index contributed by atoms with van der Waals surface area (Å²) in [6, 6.07) is 23.7. The molecule has 1 unspecified atom stereocenters. The maximum atomic E-state index is 12.2. The van der Waals surface area contributed by atoms with E-state index in [9.17, 15) is 19.8 Å². The van der Waals surface area contributed by atoms with Crippen LogP contribution in [0.15, 0.2) is 83.7 Å². The van der Waals surface area contributed by atoms with Gasteiger partial charge in [-0.05, 0) is 66.8 Å². The lowest BCUT2D eigenvalue weighted by atomic mass is 10.0. The van der Waals surface area contributed by atoms with Crippen LogP contribution in [-0.2, 0) is 12.8 Å². The summed E-state index contributed by atoms with van der Waals surface area (Å²) in [6.07, 6.45) is 1.69. The van der Waals surface area contributed by atoms with Crippen molar-refractivity contribution in [2.45, 2.75) is 25.4 Å². The molecule has 0 saturated carbocycles. The van der Waals surface area contributed by atoms with E-state index in [1.165, 1.54) is 17.7 Å². The molecule has 0 aliphatic carbocycles. The molecule has 4 rings (SSSR count). The molecule has 2 amide bonds. The lowest BCUT2D eigenvalue weighted by Gasteiger charge is -2.15. The van der Waals surface area contributed by atoms with Crippen molar-refractivity contribution < 1.29 is 15.0 Å². The minimum absolute atomic E-state index is 0.0361. The molecule has 3 aromatic carbocycles. The van der Waals surface area contributed by atoms with Gasteiger partial charge in [0.25, 0.3) is 0 Å². The van der Waals surface area contributed by atoms with Crippen LogP contribution in [0, 0.1) is 0 Å². The molecule has 0 spiro atoms. The minimum Gasteiger partial charge on any atom is -0.506 e. The van der Waals surface area contributed by atoms with Gasteiger partial charge in [0.05, 0.1) is 11.6 Å². The van der Waals surface area contributed by atoms with Crippen LogP contribution in [0.3, 0.4) is 0 Å². The Morgan fingerprint density at radius 3 is 2.54 bits per heavy atom. The third-order valence-corrected chi connectivity index (χ3v) is 6.15. The zero-order chi connectivity index (χ0) is 26.0. The number of aromatic hydroxyl groups is 1. The maximum absolute atomic E-state index is 12.2. The van der Waals surface area contributed by atoms with Gasteiger partial charge in [0, 0.05) is 30.2 Å². The number of aliphatic hydroxyl groups is 1. The highest BCUT2D eigenvalue weighted by atomic mass is 16.3. The van der Waals surface area contributed by atoms with Gasteiger partial charge in [0.1, 0.15) is 5.75 Å². The standard InChI is InChI=1S/C29H32N4O4/c34-25-13-11-23(24-12-14-27(36)33-28(24)25)26(35)19-30-17-15-21-8-4-10-22(18-21)32-29(37)31-16-5-9-20-6-2-1-3-7-20/h1-4,6-8,10-14,18,26,30,34-35H,5,9,15-17,19H2,(H,33,36)(H2,31,32,37). The molecule has 0 aliphatic rings. The summed E-state index contributed by atoms with van der Waals surface area (Å²) in [7, 11) is 0. The van der Waals surface area contributed by atoms with Crippen molar-refractivity contribution in [3.05, 3.63) is 106 Å². The molecule has 6 N–H and O–H groups in total. The summed E-state index contributed by atoms with van der Waals surface area (Å²) in [4.78, 5) is 26.4. The molecule has 0 saturated heterocycles. The van der Waals surface area contributed by atoms with E-state index in [0.717, 1.165) is 24.1 Å². The average molecular weight is 501 g/mol. The van der Waals surface area contributed by atoms with Crippen molar-refractivity contribution in [3.8, 4) is 5.75 Å². The van der Waals surface area contributed by atoms with Crippen molar-refractivity contribution in [2.75, 3.05) is 25.0 Å². The van der Waals surface area contributed by atoms with Gasteiger partial charge in [-0.2, -0.15) is 0 Å². The number of benzene rings is 3. The third-order valence-electron chi connectivity index (χ3n) is 6.15. The van der Waals surface area contributed by atoms with Crippen LogP contribution in [-0.4, -0.2) is 40.9 Å². The van der Waals surface area contributed by atoms with E-state index >= 15 is 0 Å². The zero-order valence-electron chi connectivity index (χ0n) is 20.5. The van der Waals surface area contributed by atoms with Crippen LogP contribution in [0.2, 0.25) is 0 Å². The molecular weight excluding hydrogens is 468 g/mol. The molecule has 0 fully saturated rings. The number of H-pyrrole nitrogens is 1. The van der Waals surface area contributed by atoms with E-state index in [4.69, 9.17) is 0 Å². The Labute approximate surface area is 215 Å². The summed E-state index contributed by atoms with van der Waals surface area (Å²) in [5, 5.41) is 30.3. The van der Waals surface area contributed by atoms with E-state index in [-0.39, 0.29) is 17.3 Å². The summed E-state index contributed by atoms with van der Waals surface area (Å²) in [5.41, 5.74) is 3.65. The number of rotatable bonds is 11. The molecule has 192 valence electrons. The number of aliphatic hydroxyl groups excluding tert-OH is 1. The molecule has 8 heteroatoms. The highest BCUT2D eigenvalue weighted by Gasteiger charge is 2.13. The summed E-state index contributed by atoms with van der Waals surface area (Å²) in [5.74, 6) is -0.0361. The molecule has 8 nitrogen and oxygen atoms in total. The molecule has 0 bridgehead atoms. The number of phenols is 1. The maximum Gasteiger partial charge on any atom is 0.319 e. The lowest BCUT2D eigenvalue weighted by molar-refractivity contribution is 0.176. The molecule has 4 aromatic rings. The first-order valence-electron chi connectivity index (χ1n) is 12.4. The fourth-order valence-electron chi connectivity index (χ4n) is 4.25. The second-order valence-corrected chi connectivity index (χ2v) is 8.93. The number of anilines is 1. The highest BCUT2D eigenvalue weighted by molar-refractivity contribution is 5.89. The largest absolute Gasteiger partial charge is 0.506 e. The summed E-state index contributed by atoms with van der Waals surface area (Å²) < 4.78 is 0. The van der Waals surface area contributed by atoms with E-state index in [1.807, 2.05) is 42.5 Å². The molecule has 1 atom stereocenters. The Balaban J connectivity index is 1.21. The Hall–Kier alpha value is -4.14. The van der Waals surface area contributed by atoms with Gasteiger partial charge in [-0.15, -0.1) is 0 Å². The molecule has 0 radical (unpaired) electrons. The first-order valence-corrected chi connectivity index (χ1v) is 12.4. The number of hydrogen-bond acceptors (Lipinski definition) is 5. The highest BCUT2D eigenvalue weighted by Crippen LogP contribution is 2.28. The Morgan fingerprint density at radius 1 is 0.892 bits per heavy atom. The van der Waals surface area contributed by atoms with E-state index in [2.05, 4.69) is 33.1 Å². The fraction of sp³-hybridized carbons (Fsp3) is 0.241. The first kappa shape index (κ1) is 25.9. The number of phenolic OH excluding ortho intramolecular Hbond substituents is 1.